The fraction of sp³-hybridized carbons (Fsp3) is 0.500. The van der Waals surface area contributed by atoms with Crippen LogP contribution >= 0.6 is 12.4 Å². The van der Waals surface area contributed by atoms with Gasteiger partial charge in [-0.05, 0) is 31.5 Å². The Morgan fingerprint density at radius 3 is 2.89 bits per heavy atom. The van der Waals surface area contributed by atoms with Crippen molar-refractivity contribution in [2.45, 2.75) is 31.9 Å². The van der Waals surface area contributed by atoms with E-state index in [2.05, 4.69) is 10.6 Å². The average Bonchev–Trinajstić information content (AvgIpc) is 2.84. The SMILES string of the molecule is CNCc1ccccc1NC(=O)CC1CCCO1.Cl. The molecule has 1 aliphatic rings. The molecule has 0 saturated carbocycles. The minimum absolute atomic E-state index is 0. The van der Waals surface area contributed by atoms with Crippen molar-refractivity contribution in [3.8, 4) is 0 Å². The molecular weight excluding hydrogens is 264 g/mol. The van der Waals surface area contributed by atoms with E-state index in [9.17, 15) is 4.79 Å². The highest BCUT2D eigenvalue weighted by atomic mass is 35.5. The van der Waals surface area contributed by atoms with Gasteiger partial charge in [-0.25, -0.2) is 0 Å². The predicted molar refractivity (Wildman–Crippen MR) is 78.7 cm³/mol. The highest BCUT2D eigenvalue weighted by Crippen LogP contribution is 2.18. The van der Waals surface area contributed by atoms with Gasteiger partial charge in [0, 0.05) is 18.8 Å². The smallest absolute Gasteiger partial charge is 0.226 e. The molecule has 1 saturated heterocycles. The summed E-state index contributed by atoms with van der Waals surface area (Å²) in [7, 11) is 1.89. The number of para-hydroxylation sites is 1. The van der Waals surface area contributed by atoms with Gasteiger partial charge in [-0.3, -0.25) is 4.79 Å². The number of hydrogen-bond acceptors (Lipinski definition) is 3. The Balaban J connectivity index is 0.00000180. The number of nitrogens with one attached hydrogen (secondary N) is 2. The van der Waals surface area contributed by atoms with E-state index in [0.717, 1.165) is 37.2 Å². The first-order chi connectivity index (χ1) is 8.79. The Hall–Kier alpha value is -1.10. The minimum Gasteiger partial charge on any atom is -0.378 e. The van der Waals surface area contributed by atoms with Crippen molar-refractivity contribution >= 4 is 24.0 Å². The molecule has 4 nitrogen and oxygen atoms in total. The summed E-state index contributed by atoms with van der Waals surface area (Å²) < 4.78 is 5.47. The third-order valence-electron chi connectivity index (χ3n) is 3.10. The summed E-state index contributed by atoms with van der Waals surface area (Å²) in [4.78, 5) is 11.9. The molecule has 1 fully saturated rings. The number of amides is 1. The fourth-order valence-corrected chi connectivity index (χ4v) is 2.20. The maximum atomic E-state index is 11.9. The lowest BCUT2D eigenvalue weighted by Crippen LogP contribution is -2.20. The number of anilines is 1. The molecule has 2 N–H and O–H groups in total. The van der Waals surface area contributed by atoms with Crippen molar-refractivity contribution in [1.82, 2.24) is 5.32 Å². The van der Waals surface area contributed by atoms with Crippen molar-refractivity contribution in [3.05, 3.63) is 29.8 Å². The molecule has 106 valence electrons. The van der Waals surface area contributed by atoms with E-state index < -0.39 is 0 Å². The van der Waals surface area contributed by atoms with Crippen LogP contribution in [0.25, 0.3) is 0 Å². The van der Waals surface area contributed by atoms with E-state index in [1.54, 1.807) is 0 Å². The van der Waals surface area contributed by atoms with Gasteiger partial charge >= 0.3 is 0 Å². The quantitative estimate of drug-likeness (QED) is 0.872. The van der Waals surface area contributed by atoms with Gasteiger partial charge in [0.15, 0.2) is 0 Å². The van der Waals surface area contributed by atoms with Gasteiger partial charge in [0.2, 0.25) is 5.91 Å². The molecule has 0 bridgehead atoms. The Morgan fingerprint density at radius 1 is 1.42 bits per heavy atom. The van der Waals surface area contributed by atoms with Crippen molar-refractivity contribution in [3.63, 3.8) is 0 Å². The van der Waals surface area contributed by atoms with E-state index in [0.29, 0.717) is 6.42 Å². The second kappa shape index (κ2) is 8.15. The van der Waals surface area contributed by atoms with Crippen LogP contribution in [0, 0.1) is 0 Å². The Kier molecular flexibility index (Phi) is 6.84. The molecule has 1 unspecified atom stereocenters. The Morgan fingerprint density at radius 2 is 2.21 bits per heavy atom. The van der Waals surface area contributed by atoms with Gasteiger partial charge in [-0.2, -0.15) is 0 Å². The molecule has 1 heterocycles. The normalized spacial score (nSPS) is 17.8. The number of ether oxygens (including phenoxy) is 1. The highest BCUT2D eigenvalue weighted by Gasteiger charge is 2.19. The summed E-state index contributed by atoms with van der Waals surface area (Å²) in [6.07, 6.45) is 2.61. The fourth-order valence-electron chi connectivity index (χ4n) is 2.20. The zero-order valence-corrected chi connectivity index (χ0v) is 12.0. The summed E-state index contributed by atoms with van der Waals surface area (Å²) in [6.45, 7) is 1.53. The van der Waals surface area contributed by atoms with Gasteiger partial charge in [0.05, 0.1) is 12.5 Å². The van der Waals surface area contributed by atoms with Crippen LogP contribution in [0.1, 0.15) is 24.8 Å². The molecule has 1 aromatic rings. The second-order valence-corrected chi connectivity index (χ2v) is 4.57. The highest BCUT2D eigenvalue weighted by molar-refractivity contribution is 5.91. The Labute approximate surface area is 120 Å². The molecule has 2 rings (SSSR count). The average molecular weight is 285 g/mol. The monoisotopic (exact) mass is 284 g/mol. The van der Waals surface area contributed by atoms with Crippen LogP contribution in [0.4, 0.5) is 5.69 Å². The summed E-state index contributed by atoms with van der Waals surface area (Å²) in [5, 5.41) is 6.06. The van der Waals surface area contributed by atoms with E-state index in [4.69, 9.17) is 4.74 Å². The molecule has 1 atom stereocenters. The van der Waals surface area contributed by atoms with Crippen LogP contribution in [0.2, 0.25) is 0 Å². The van der Waals surface area contributed by atoms with Gasteiger partial charge in [0.25, 0.3) is 0 Å². The van der Waals surface area contributed by atoms with Crippen LogP contribution in [0.15, 0.2) is 24.3 Å². The second-order valence-electron chi connectivity index (χ2n) is 4.57. The first-order valence-corrected chi connectivity index (χ1v) is 6.43. The Bertz CT molecular complexity index is 406. The topological polar surface area (TPSA) is 50.4 Å². The van der Waals surface area contributed by atoms with Crippen LogP contribution in [0.3, 0.4) is 0 Å². The molecule has 0 spiro atoms. The molecule has 1 aliphatic heterocycles. The van der Waals surface area contributed by atoms with E-state index in [-0.39, 0.29) is 24.4 Å². The van der Waals surface area contributed by atoms with Crippen LogP contribution in [0.5, 0.6) is 0 Å². The molecule has 0 aliphatic carbocycles. The van der Waals surface area contributed by atoms with E-state index >= 15 is 0 Å². The lowest BCUT2D eigenvalue weighted by molar-refractivity contribution is -0.118. The van der Waals surface area contributed by atoms with Crippen LogP contribution in [-0.2, 0) is 16.1 Å². The maximum absolute atomic E-state index is 11.9. The molecule has 1 aromatic carbocycles. The van der Waals surface area contributed by atoms with Crippen molar-refractivity contribution < 1.29 is 9.53 Å². The number of halogens is 1. The summed E-state index contributed by atoms with van der Waals surface area (Å²) in [5.41, 5.74) is 1.98. The van der Waals surface area contributed by atoms with Gasteiger partial charge < -0.3 is 15.4 Å². The predicted octanol–water partition coefficient (Wildman–Crippen LogP) is 2.34. The standard InChI is InChI=1S/C14H20N2O2.ClH/c1-15-10-11-5-2-3-7-13(11)16-14(17)9-12-6-4-8-18-12;/h2-3,5,7,12,15H,4,6,8-10H2,1H3,(H,16,17);1H. The lowest BCUT2D eigenvalue weighted by atomic mass is 10.1. The molecule has 19 heavy (non-hydrogen) atoms. The van der Waals surface area contributed by atoms with Crippen molar-refractivity contribution in [2.75, 3.05) is 19.0 Å². The summed E-state index contributed by atoms with van der Waals surface area (Å²) in [5.74, 6) is 0.0328. The first-order valence-electron chi connectivity index (χ1n) is 6.43. The van der Waals surface area contributed by atoms with Crippen molar-refractivity contribution in [1.29, 1.82) is 0 Å². The lowest BCUT2D eigenvalue weighted by Gasteiger charge is -2.12. The molecule has 0 radical (unpaired) electrons. The number of carbonyl (C=O) groups is 1. The number of benzene rings is 1. The minimum atomic E-state index is 0. The molecule has 1 amide bonds. The van der Waals surface area contributed by atoms with Crippen LogP contribution in [-0.4, -0.2) is 25.7 Å². The summed E-state index contributed by atoms with van der Waals surface area (Å²) in [6, 6.07) is 7.85. The summed E-state index contributed by atoms with van der Waals surface area (Å²) >= 11 is 0. The zero-order valence-electron chi connectivity index (χ0n) is 11.1. The maximum Gasteiger partial charge on any atom is 0.226 e. The first kappa shape index (κ1) is 16.0. The van der Waals surface area contributed by atoms with Gasteiger partial charge in [-0.1, -0.05) is 18.2 Å². The molecule has 5 heteroatoms. The largest absolute Gasteiger partial charge is 0.378 e. The molecular formula is C14H21ClN2O2. The number of rotatable bonds is 5. The van der Waals surface area contributed by atoms with Gasteiger partial charge in [0.1, 0.15) is 0 Å². The van der Waals surface area contributed by atoms with Gasteiger partial charge in [-0.15, -0.1) is 12.4 Å². The third-order valence-corrected chi connectivity index (χ3v) is 3.10. The third kappa shape index (κ3) is 4.82. The van der Waals surface area contributed by atoms with Crippen LogP contribution < -0.4 is 10.6 Å². The zero-order chi connectivity index (χ0) is 12.8. The van der Waals surface area contributed by atoms with E-state index in [1.807, 2.05) is 31.3 Å². The number of carbonyl (C=O) groups excluding carboxylic acids is 1. The van der Waals surface area contributed by atoms with E-state index in [1.165, 1.54) is 0 Å². The number of hydrogen-bond donors (Lipinski definition) is 2. The molecule has 0 aromatic heterocycles. The van der Waals surface area contributed by atoms with Crippen molar-refractivity contribution in [2.24, 2.45) is 0 Å².